The van der Waals surface area contributed by atoms with Crippen LogP contribution in [0.3, 0.4) is 0 Å². The Balaban J connectivity index is 2.20. The van der Waals surface area contributed by atoms with Crippen molar-refractivity contribution in [3.8, 4) is 0 Å². The number of benzene rings is 2. The summed E-state index contributed by atoms with van der Waals surface area (Å²) in [4.78, 5) is 27.7. The molecule has 2 aromatic carbocycles. The van der Waals surface area contributed by atoms with Crippen molar-refractivity contribution in [2.75, 3.05) is 17.1 Å². The zero-order valence-electron chi connectivity index (χ0n) is 20.8. The standard InChI is InChI=1S/C25H32BrCl2N3O4S/c1-5-17(2)29-25(33)18(3)30(16-19-8-10-20(26)11-9-19)24(32)7-6-14-31(36(4,34)35)23-15-21(27)12-13-22(23)28/h8-13,15,17-18H,5-7,14,16H2,1-4H3,(H,29,33). The summed E-state index contributed by atoms with van der Waals surface area (Å²) in [7, 11) is -3.68. The molecule has 7 nitrogen and oxygen atoms in total. The fourth-order valence-corrected chi connectivity index (χ4v) is 5.16. The first-order valence-electron chi connectivity index (χ1n) is 11.6. The Morgan fingerprint density at radius 3 is 2.31 bits per heavy atom. The number of carbonyl (C=O) groups is 2. The van der Waals surface area contributed by atoms with Crippen molar-refractivity contribution >= 4 is 66.7 Å². The van der Waals surface area contributed by atoms with E-state index in [1.54, 1.807) is 13.0 Å². The Morgan fingerprint density at radius 2 is 1.72 bits per heavy atom. The highest BCUT2D eigenvalue weighted by Crippen LogP contribution is 2.31. The van der Waals surface area contributed by atoms with Crippen LogP contribution in [-0.4, -0.2) is 50.0 Å². The highest BCUT2D eigenvalue weighted by molar-refractivity contribution is 9.10. The summed E-state index contributed by atoms with van der Waals surface area (Å²) in [6.45, 7) is 5.86. The molecule has 198 valence electrons. The molecule has 0 spiro atoms. The Morgan fingerprint density at radius 1 is 1.08 bits per heavy atom. The first-order valence-corrected chi connectivity index (χ1v) is 15.0. The van der Waals surface area contributed by atoms with Crippen LogP contribution in [0.25, 0.3) is 0 Å². The number of hydrogen-bond donors (Lipinski definition) is 1. The van der Waals surface area contributed by atoms with Crippen LogP contribution in [-0.2, 0) is 26.2 Å². The monoisotopic (exact) mass is 619 g/mol. The Labute approximate surface area is 232 Å². The van der Waals surface area contributed by atoms with E-state index in [1.807, 2.05) is 38.1 Å². The summed E-state index contributed by atoms with van der Waals surface area (Å²) < 4.78 is 27.0. The van der Waals surface area contributed by atoms with Gasteiger partial charge in [-0.05, 0) is 62.6 Å². The number of nitrogens with zero attached hydrogens (tertiary/aromatic N) is 2. The molecule has 2 unspecified atom stereocenters. The van der Waals surface area contributed by atoms with Crippen molar-refractivity contribution in [2.24, 2.45) is 0 Å². The van der Waals surface area contributed by atoms with Gasteiger partial charge in [-0.3, -0.25) is 13.9 Å². The summed E-state index contributed by atoms with van der Waals surface area (Å²) in [6.07, 6.45) is 2.12. The first-order chi connectivity index (χ1) is 16.8. The third kappa shape index (κ3) is 8.94. The van der Waals surface area contributed by atoms with E-state index in [-0.39, 0.29) is 54.5 Å². The van der Waals surface area contributed by atoms with E-state index in [1.165, 1.54) is 17.0 Å². The van der Waals surface area contributed by atoms with Gasteiger partial charge in [0.15, 0.2) is 0 Å². The van der Waals surface area contributed by atoms with Gasteiger partial charge in [0, 0.05) is 35.0 Å². The van der Waals surface area contributed by atoms with Gasteiger partial charge in [-0.2, -0.15) is 0 Å². The third-order valence-corrected chi connectivity index (χ3v) is 8.03. The molecule has 0 saturated heterocycles. The molecule has 0 aliphatic rings. The largest absolute Gasteiger partial charge is 0.352 e. The summed E-state index contributed by atoms with van der Waals surface area (Å²) in [5.41, 5.74) is 1.13. The van der Waals surface area contributed by atoms with Crippen molar-refractivity contribution in [3.05, 3.63) is 62.5 Å². The highest BCUT2D eigenvalue weighted by Gasteiger charge is 2.27. The van der Waals surface area contributed by atoms with E-state index in [2.05, 4.69) is 21.2 Å². The van der Waals surface area contributed by atoms with Crippen molar-refractivity contribution in [2.45, 2.75) is 58.7 Å². The summed E-state index contributed by atoms with van der Waals surface area (Å²) >= 11 is 15.7. The summed E-state index contributed by atoms with van der Waals surface area (Å²) in [5.74, 6) is -0.492. The second-order valence-corrected chi connectivity index (χ2v) is 12.3. The van der Waals surface area contributed by atoms with Crippen LogP contribution >= 0.6 is 39.1 Å². The number of anilines is 1. The molecule has 0 bridgehead atoms. The van der Waals surface area contributed by atoms with Gasteiger partial charge in [0.25, 0.3) is 0 Å². The Bertz CT molecular complexity index is 1160. The van der Waals surface area contributed by atoms with Gasteiger partial charge in [0.1, 0.15) is 6.04 Å². The van der Waals surface area contributed by atoms with Crippen molar-refractivity contribution in [3.63, 3.8) is 0 Å². The topological polar surface area (TPSA) is 86.8 Å². The number of carbonyl (C=O) groups excluding carboxylic acids is 2. The number of sulfonamides is 1. The molecule has 0 saturated carbocycles. The molecule has 36 heavy (non-hydrogen) atoms. The number of halogens is 3. The van der Waals surface area contributed by atoms with Gasteiger partial charge in [-0.15, -0.1) is 0 Å². The lowest BCUT2D eigenvalue weighted by Gasteiger charge is -2.30. The minimum absolute atomic E-state index is 0.0182. The Kier molecular flexibility index (Phi) is 11.5. The smallest absolute Gasteiger partial charge is 0.242 e. The molecule has 11 heteroatoms. The first kappa shape index (κ1) is 30.4. The maximum absolute atomic E-state index is 13.3. The zero-order chi connectivity index (χ0) is 27.0. The van der Waals surface area contributed by atoms with Crippen LogP contribution < -0.4 is 9.62 Å². The second-order valence-electron chi connectivity index (χ2n) is 8.68. The quantitative estimate of drug-likeness (QED) is 0.333. The van der Waals surface area contributed by atoms with Gasteiger partial charge >= 0.3 is 0 Å². The molecule has 2 amide bonds. The van der Waals surface area contributed by atoms with E-state index in [4.69, 9.17) is 23.2 Å². The predicted octanol–water partition coefficient (Wildman–Crippen LogP) is 5.63. The normalized spacial score (nSPS) is 13.1. The van der Waals surface area contributed by atoms with Crippen molar-refractivity contribution in [1.82, 2.24) is 10.2 Å². The van der Waals surface area contributed by atoms with Crippen LogP contribution in [0.1, 0.15) is 45.6 Å². The Hall–Kier alpha value is -1.81. The maximum atomic E-state index is 13.3. The van der Waals surface area contributed by atoms with Crippen LogP contribution in [0.4, 0.5) is 5.69 Å². The molecular weight excluding hydrogens is 589 g/mol. The number of amides is 2. The molecule has 0 aliphatic carbocycles. The molecule has 0 radical (unpaired) electrons. The van der Waals surface area contributed by atoms with Crippen molar-refractivity contribution in [1.29, 1.82) is 0 Å². The number of nitrogens with one attached hydrogen (secondary N) is 1. The molecule has 1 N–H and O–H groups in total. The van der Waals surface area contributed by atoms with E-state index in [9.17, 15) is 18.0 Å². The lowest BCUT2D eigenvalue weighted by atomic mass is 10.1. The second kappa shape index (κ2) is 13.7. The molecule has 0 fully saturated rings. The minimum atomic E-state index is -3.68. The van der Waals surface area contributed by atoms with Crippen LogP contribution in [0, 0.1) is 0 Å². The number of rotatable bonds is 12. The fourth-order valence-electron chi connectivity index (χ4n) is 3.49. The highest BCUT2D eigenvalue weighted by atomic mass is 79.9. The summed E-state index contributed by atoms with van der Waals surface area (Å²) in [6, 6.07) is 11.4. The lowest BCUT2D eigenvalue weighted by Crippen LogP contribution is -2.49. The van der Waals surface area contributed by atoms with Crippen LogP contribution in [0.5, 0.6) is 0 Å². The number of hydrogen-bond acceptors (Lipinski definition) is 4. The van der Waals surface area contributed by atoms with Gasteiger partial charge < -0.3 is 10.2 Å². The zero-order valence-corrected chi connectivity index (χ0v) is 24.7. The molecule has 0 aliphatic heterocycles. The van der Waals surface area contributed by atoms with Crippen LogP contribution in [0.2, 0.25) is 10.0 Å². The van der Waals surface area contributed by atoms with E-state index in [0.717, 1.165) is 27.0 Å². The van der Waals surface area contributed by atoms with Crippen molar-refractivity contribution < 1.29 is 18.0 Å². The molecule has 0 aromatic heterocycles. The van der Waals surface area contributed by atoms with E-state index >= 15 is 0 Å². The fraction of sp³-hybridized carbons (Fsp3) is 0.440. The average molecular weight is 621 g/mol. The van der Waals surface area contributed by atoms with E-state index < -0.39 is 16.1 Å². The lowest BCUT2D eigenvalue weighted by molar-refractivity contribution is -0.140. The minimum Gasteiger partial charge on any atom is -0.352 e. The average Bonchev–Trinajstić information content (AvgIpc) is 2.81. The maximum Gasteiger partial charge on any atom is 0.242 e. The molecule has 2 rings (SSSR count). The van der Waals surface area contributed by atoms with Crippen LogP contribution in [0.15, 0.2) is 46.9 Å². The molecule has 0 heterocycles. The molecular formula is C25H32BrCl2N3O4S. The SMILES string of the molecule is CCC(C)NC(=O)C(C)N(Cc1ccc(Br)cc1)C(=O)CCCN(c1cc(Cl)ccc1Cl)S(C)(=O)=O. The van der Waals surface area contributed by atoms with E-state index in [0.29, 0.717) is 5.02 Å². The van der Waals surface area contributed by atoms with Gasteiger partial charge in [0.2, 0.25) is 21.8 Å². The summed E-state index contributed by atoms with van der Waals surface area (Å²) in [5, 5.41) is 3.52. The molecule has 2 atom stereocenters. The van der Waals surface area contributed by atoms with Gasteiger partial charge in [-0.25, -0.2) is 8.42 Å². The third-order valence-electron chi connectivity index (χ3n) is 5.76. The van der Waals surface area contributed by atoms with Gasteiger partial charge in [0.05, 0.1) is 17.0 Å². The predicted molar refractivity (Wildman–Crippen MR) is 150 cm³/mol. The molecule has 2 aromatic rings. The van der Waals surface area contributed by atoms with Gasteiger partial charge in [-0.1, -0.05) is 58.2 Å².